The molecule has 1 aromatic carbocycles. The van der Waals surface area contributed by atoms with Gasteiger partial charge in [0.15, 0.2) is 0 Å². The Kier molecular flexibility index (Phi) is 5.22. The van der Waals surface area contributed by atoms with Gasteiger partial charge in [0.25, 0.3) is 0 Å². The Bertz CT molecular complexity index is 1070. The number of hydrogen-bond acceptors (Lipinski definition) is 5. The molecule has 2 heterocycles. The summed E-state index contributed by atoms with van der Waals surface area (Å²) in [7, 11) is 0. The normalized spacial score (nSPS) is 11.2. The summed E-state index contributed by atoms with van der Waals surface area (Å²) in [4.78, 5) is 15.2. The van der Waals surface area contributed by atoms with Gasteiger partial charge in [-0.2, -0.15) is 18.4 Å². The second-order valence-electron chi connectivity index (χ2n) is 5.73. The zero-order valence-electron chi connectivity index (χ0n) is 14.7. The van der Waals surface area contributed by atoms with Crippen LogP contribution in [0.3, 0.4) is 0 Å². The molecule has 0 amide bonds. The summed E-state index contributed by atoms with van der Waals surface area (Å²) in [6.45, 7) is 1.95. The molecule has 0 radical (unpaired) electrons. The molecule has 3 rings (SSSR count). The van der Waals surface area contributed by atoms with Gasteiger partial charge in [-0.3, -0.25) is 4.79 Å². The molecule has 0 bridgehead atoms. The van der Waals surface area contributed by atoms with Crippen molar-refractivity contribution < 1.29 is 27.4 Å². The Morgan fingerprint density at radius 3 is 2.75 bits per heavy atom. The zero-order valence-corrected chi connectivity index (χ0v) is 14.7. The van der Waals surface area contributed by atoms with Crippen LogP contribution >= 0.6 is 0 Å². The maximum absolute atomic E-state index is 13.0. The van der Waals surface area contributed by atoms with Crippen molar-refractivity contribution in [3.8, 4) is 17.7 Å². The number of nitrogens with zero attached hydrogens (tertiary/aromatic N) is 3. The molecule has 0 saturated carbocycles. The number of aromatic nitrogens is 2. The van der Waals surface area contributed by atoms with Gasteiger partial charge in [-0.25, -0.2) is 4.98 Å². The number of ether oxygens (including phenoxy) is 2. The van der Waals surface area contributed by atoms with E-state index in [0.717, 1.165) is 6.07 Å². The molecule has 9 heteroatoms. The lowest BCUT2D eigenvalue weighted by molar-refractivity contribution is -0.144. The fraction of sp³-hybridized carbons (Fsp3) is 0.211. The van der Waals surface area contributed by atoms with E-state index in [0.29, 0.717) is 17.0 Å². The summed E-state index contributed by atoms with van der Waals surface area (Å²) < 4.78 is 51.1. The molecule has 0 N–H and O–H groups in total. The molecule has 0 aliphatic carbocycles. The minimum Gasteiger partial charge on any atom is -0.465 e. The van der Waals surface area contributed by atoms with Gasteiger partial charge in [-0.05, 0) is 31.2 Å². The summed E-state index contributed by atoms with van der Waals surface area (Å²) in [6, 6.07) is 10.1. The number of carbonyl (C=O) groups is 1. The third-order valence-corrected chi connectivity index (χ3v) is 3.81. The van der Waals surface area contributed by atoms with E-state index in [1.165, 1.54) is 0 Å². The van der Waals surface area contributed by atoms with E-state index in [1.807, 2.05) is 0 Å². The summed E-state index contributed by atoms with van der Waals surface area (Å²) >= 11 is 0. The maximum Gasteiger partial charge on any atom is 0.433 e. The van der Waals surface area contributed by atoms with Crippen LogP contribution in [0, 0.1) is 11.3 Å². The number of rotatable bonds is 5. The second-order valence-corrected chi connectivity index (χ2v) is 5.73. The van der Waals surface area contributed by atoms with Crippen molar-refractivity contribution in [2.75, 3.05) is 6.61 Å². The van der Waals surface area contributed by atoms with E-state index in [2.05, 4.69) is 4.98 Å². The fourth-order valence-electron chi connectivity index (χ4n) is 2.65. The first-order chi connectivity index (χ1) is 13.3. The van der Waals surface area contributed by atoms with Gasteiger partial charge in [0.2, 0.25) is 5.88 Å². The van der Waals surface area contributed by atoms with Crippen LogP contribution in [0.1, 0.15) is 18.2 Å². The maximum atomic E-state index is 13.0. The molecular weight excluding hydrogens is 375 g/mol. The molecule has 0 aliphatic rings. The van der Waals surface area contributed by atoms with Gasteiger partial charge in [-0.1, -0.05) is 6.07 Å². The van der Waals surface area contributed by atoms with Crippen molar-refractivity contribution in [2.24, 2.45) is 0 Å². The highest BCUT2D eigenvalue weighted by Crippen LogP contribution is 2.33. The number of fused-ring (bicyclic) bond motifs is 1. The molecule has 0 spiro atoms. The molecule has 0 atom stereocenters. The van der Waals surface area contributed by atoms with Crippen LogP contribution in [0.2, 0.25) is 0 Å². The minimum absolute atomic E-state index is 0.0127. The van der Waals surface area contributed by atoms with Gasteiger partial charge < -0.3 is 14.0 Å². The standard InChI is InChI=1S/C19H14F3N3O3/c1-2-27-18(26)11-25-7-6-13-14(25)4-3-5-15(13)28-17-9-12(10-23)8-16(24-17)19(20,21)22/h3-9H,2,11H2,1H3. The largest absolute Gasteiger partial charge is 0.465 e. The van der Waals surface area contributed by atoms with E-state index in [1.54, 1.807) is 48.0 Å². The molecular formula is C19H14F3N3O3. The van der Waals surface area contributed by atoms with Crippen molar-refractivity contribution in [3.05, 3.63) is 53.9 Å². The molecule has 0 fully saturated rings. The Hall–Kier alpha value is -3.54. The molecule has 3 aromatic rings. The number of nitriles is 1. The molecule has 6 nitrogen and oxygen atoms in total. The van der Waals surface area contributed by atoms with E-state index < -0.39 is 17.8 Å². The van der Waals surface area contributed by atoms with Crippen molar-refractivity contribution in [3.63, 3.8) is 0 Å². The number of hydrogen-bond donors (Lipinski definition) is 0. The summed E-state index contributed by atoms with van der Waals surface area (Å²) in [5.74, 6) is -0.516. The van der Waals surface area contributed by atoms with Crippen LogP contribution in [-0.4, -0.2) is 22.1 Å². The molecule has 0 saturated heterocycles. The second kappa shape index (κ2) is 7.60. The number of benzene rings is 1. The van der Waals surface area contributed by atoms with Crippen molar-refractivity contribution in [2.45, 2.75) is 19.6 Å². The Morgan fingerprint density at radius 1 is 1.29 bits per heavy atom. The summed E-state index contributed by atoms with van der Waals surface area (Å²) in [5.41, 5.74) is -0.795. The van der Waals surface area contributed by atoms with Crippen LogP contribution in [0.4, 0.5) is 13.2 Å². The Morgan fingerprint density at radius 2 is 2.07 bits per heavy atom. The Balaban J connectivity index is 1.96. The molecule has 0 aliphatic heterocycles. The highest BCUT2D eigenvalue weighted by Gasteiger charge is 2.33. The Labute approximate surface area is 157 Å². The first kappa shape index (κ1) is 19.2. The predicted octanol–water partition coefficient (Wildman–Crippen LogP) is 4.28. The smallest absolute Gasteiger partial charge is 0.433 e. The lowest BCUT2D eigenvalue weighted by atomic mass is 10.2. The van der Waals surface area contributed by atoms with Crippen molar-refractivity contribution in [1.29, 1.82) is 5.26 Å². The highest BCUT2D eigenvalue weighted by molar-refractivity contribution is 5.87. The van der Waals surface area contributed by atoms with Crippen LogP contribution in [0.5, 0.6) is 11.6 Å². The summed E-state index contributed by atoms with van der Waals surface area (Å²) in [6.07, 6.45) is -3.06. The number of alkyl halides is 3. The first-order valence-electron chi connectivity index (χ1n) is 8.22. The zero-order chi connectivity index (χ0) is 20.3. The van der Waals surface area contributed by atoms with Gasteiger partial charge in [-0.15, -0.1) is 0 Å². The fourth-order valence-corrected chi connectivity index (χ4v) is 2.65. The van der Waals surface area contributed by atoms with Gasteiger partial charge in [0.05, 0.1) is 23.8 Å². The number of halogens is 3. The van der Waals surface area contributed by atoms with Crippen LogP contribution in [0.15, 0.2) is 42.6 Å². The first-order valence-corrected chi connectivity index (χ1v) is 8.22. The van der Waals surface area contributed by atoms with E-state index in [4.69, 9.17) is 14.7 Å². The van der Waals surface area contributed by atoms with Gasteiger partial charge in [0, 0.05) is 17.6 Å². The average molecular weight is 389 g/mol. The van der Waals surface area contributed by atoms with Crippen LogP contribution in [0.25, 0.3) is 10.9 Å². The van der Waals surface area contributed by atoms with Crippen molar-refractivity contribution >= 4 is 16.9 Å². The molecule has 28 heavy (non-hydrogen) atoms. The van der Waals surface area contributed by atoms with Gasteiger partial charge in [0.1, 0.15) is 18.0 Å². The van der Waals surface area contributed by atoms with Crippen molar-refractivity contribution in [1.82, 2.24) is 9.55 Å². The topological polar surface area (TPSA) is 77.1 Å². The third kappa shape index (κ3) is 4.06. The van der Waals surface area contributed by atoms with Gasteiger partial charge >= 0.3 is 12.1 Å². The molecule has 0 unspecified atom stereocenters. The monoisotopic (exact) mass is 389 g/mol. The lowest BCUT2D eigenvalue weighted by Gasteiger charge is -2.11. The number of esters is 1. The molecule has 2 aromatic heterocycles. The highest BCUT2D eigenvalue weighted by atomic mass is 19.4. The lowest BCUT2D eigenvalue weighted by Crippen LogP contribution is -2.12. The average Bonchev–Trinajstić information content (AvgIpc) is 3.05. The number of pyridine rings is 1. The third-order valence-electron chi connectivity index (χ3n) is 3.81. The minimum atomic E-state index is -4.71. The quantitative estimate of drug-likeness (QED) is 0.609. The molecule has 144 valence electrons. The SMILES string of the molecule is CCOC(=O)Cn1ccc2c(Oc3cc(C#N)cc(C(F)(F)F)n3)cccc21. The van der Waals surface area contributed by atoms with Crippen LogP contribution in [-0.2, 0) is 22.3 Å². The number of carbonyl (C=O) groups excluding carboxylic acids is 1. The van der Waals surface area contributed by atoms with E-state index in [-0.39, 0.29) is 30.3 Å². The summed E-state index contributed by atoms with van der Waals surface area (Å²) in [5, 5.41) is 9.55. The van der Waals surface area contributed by atoms with E-state index >= 15 is 0 Å². The van der Waals surface area contributed by atoms with E-state index in [9.17, 15) is 18.0 Å². The predicted molar refractivity (Wildman–Crippen MR) is 92.6 cm³/mol. The van der Waals surface area contributed by atoms with Crippen LogP contribution < -0.4 is 4.74 Å².